The van der Waals surface area contributed by atoms with Crippen molar-refractivity contribution < 1.29 is 18.6 Å². The number of rotatable bonds is 3. The van der Waals surface area contributed by atoms with Crippen molar-refractivity contribution in [2.45, 2.75) is 13.1 Å². The first kappa shape index (κ1) is 13.8. The molecule has 0 bridgehead atoms. The van der Waals surface area contributed by atoms with Gasteiger partial charge in [-0.1, -0.05) is 0 Å². The fourth-order valence-electron chi connectivity index (χ4n) is 2.13. The fraction of sp³-hybridized carbons (Fsp3) is 0.308. The molecule has 6 heteroatoms. The summed E-state index contributed by atoms with van der Waals surface area (Å²) in [5, 5.41) is 0.691. The molecular weight excluding hydrogens is 267 g/mol. The van der Waals surface area contributed by atoms with Gasteiger partial charge < -0.3 is 14.0 Å². The van der Waals surface area contributed by atoms with E-state index in [1.165, 1.54) is 19.8 Å². The van der Waals surface area contributed by atoms with Gasteiger partial charge in [0.1, 0.15) is 11.3 Å². The second-order valence-electron chi connectivity index (χ2n) is 4.62. The Kier molecular flexibility index (Phi) is 3.52. The summed E-state index contributed by atoms with van der Waals surface area (Å²) in [4.78, 5) is 21.0. The lowest BCUT2D eigenvalue weighted by Gasteiger charge is -2.11. The van der Waals surface area contributed by atoms with Crippen LogP contribution in [0.4, 0.5) is 0 Å². The Balaban J connectivity index is 2.77. The van der Waals surface area contributed by atoms with E-state index in [0.717, 1.165) is 5.56 Å². The van der Waals surface area contributed by atoms with E-state index in [-0.39, 0.29) is 6.16 Å². The molecule has 0 saturated heterocycles. The number of hydrogen-bond acceptors (Lipinski definition) is 4. The molecule has 19 heavy (non-hydrogen) atoms. The van der Waals surface area contributed by atoms with E-state index in [9.17, 15) is 14.3 Å². The van der Waals surface area contributed by atoms with Crippen LogP contribution in [0.25, 0.3) is 11.0 Å². The largest absolute Gasteiger partial charge is 0.497 e. The monoisotopic (exact) mass is 282 g/mol. The minimum Gasteiger partial charge on any atom is -0.497 e. The Hall–Kier alpha value is -1.58. The van der Waals surface area contributed by atoms with Gasteiger partial charge in [0.2, 0.25) is 7.37 Å². The molecule has 2 rings (SSSR count). The van der Waals surface area contributed by atoms with Crippen LogP contribution in [0.5, 0.6) is 5.75 Å². The molecule has 2 aromatic rings. The van der Waals surface area contributed by atoms with E-state index in [1.807, 2.05) is 6.92 Å². The highest BCUT2D eigenvalue weighted by molar-refractivity contribution is 7.56. The Morgan fingerprint density at radius 1 is 1.37 bits per heavy atom. The predicted molar refractivity (Wildman–Crippen MR) is 73.2 cm³/mol. The first-order valence-electron chi connectivity index (χ1n) is 5.71. The van der Waals surface area contributed by atoms with Crippen molar-refractivity contribution >= 4 is 18.3 Å². The summed E-state index contributed by atoms with van der Waals surface area (Å²) >= 11 is 0. The van der Waals surface area contributed by atoms with Gasteiger partial charge >= 0.3 is 5.63 Å². The SMILES string of the molecule is COc1cc(C)c2c(CP(C)(=O)O)cc(=O)oc2c1. The third kappa shape index (κ3) is 3.06. The molecule has 1 atom stereocenters. The Morgan fingerprint density at radius 2 is 2.05 bits per heavy atom. The van der Waals surface area contributed by atoms with Crippen molar-refractivity contribution in [1.29, 1.82) is 0 Å². The van der Waals surface area contributed by atoms with Crippen molar-refractivity contribution in [3.8, 4) is 5.75 Å². The number of benzene rings is 1. The van der Waals surface area contributed by atoms with Gasteiger partial charge in [0, 0.05) is 24.2 Å². The van der Waals surface area contributed by atoms with E-state index in [4.69, 9.17) is 9.15 Å². The lowest BCUT2D eigenvalue weighted by atomic mass is 10.1. The first-order valence-corrected chi connectivity index (χ1v) is 8.00. The Morgan fingerprint density at radius 3 is 2.63 bits per heavy atom. The summed E-state index contributed by atoms with van der Waals surface area (Å²) in [6.07, 6.45) is -0.0533. The molecule has 0 radical (unpaired) electrons. The van der Waals surface area contributed by atoms with Gasteiger partial charge in [-0.2, -0.15) is 0 Å². The summed E-state index contributed by atoms with van der Waals surface area (Å²) in [7, 11) is -1.74. The molecule has 0 fully saturated rings. The lowest BCUT2D eigenvalue weighted by molar-refractivity contribution is 0.413. The van der Waals surface area contributed by atoms with Gasteiger partial charge in [-0.15, -0.1) is 0 Å². The van der Waals surface area contributed by atoms with Crippen LogP contribution in [-0.4, -0.2) is 18.7 Å². The topological polar surface area (TPSA) is 76.7 Å². The van der Waals surface area contributed by atoms with Crippen molar-refractivity contribution in [3.63, 3.8) is 0 Å². The summed E-state index contributed by atoms with van der Waals surface area (Å²) < 4.78 is 21.8. The molecule has 0 saturated carbocycles. The van der Waals surface area contributed by atoms with Crippen molar-refractivity contribution in [3.05, 3.63) is 39.7 Å². The normalized spacial score (nSPS) is 14.3. The predicted octanol–water partition coefficient (Wildman–Crippen LogP) is 2.51. The lowest BCUT2D eigenvalue weighted by Crippen LogP contribution is -2.02. The highest BCUT2D eigenvalue weighted by Crippen LogP contribution is 2.41. The third-order valence-corrected chi connectivity index (χ3v) is 3.72. The highest BCUT2D eigenvalue weighted by atomic mass is 31.2. The number of aryl methyl sites for hydroxylation is 1. The molecule has 102 valence electrons. The van der Waals surface area contributed by atoms with Crippen LogP contribution in [0.1, 0.15) is 11.1 Å². The van der Waals surface area contributed by atoms with Gasteiger partial charge in [0.15, 0.2) is 0 Å². The molecular formula is C13H15O5P. The van der Waals surface area contributed by atoms with Crippen LogP contribution < -0.4 is 10.4 Å². The third-order valence-electron chi connectivity index (χ3n) is 2.80. The fourth-order valence-corrected chi connectivity index (χ4v) is 3.01. The van der Waals surface area contributed by atoms with Crippen LogP contribution in [0.3, 0.4) is 0 Å². The van der Waals surface area contributed by atoms with Crippen LogP contribution in [0.2, 0.25) is 0 Å². The minimum absolute atomic E-state index is 0.0533. The van der Waals surface area contributed by atoms with Crippen LogP contribution in [0, 0.1) is 6.92 Å². The molecule has 0 aliphatic carbocycles. The van der Waals surface area contributed by atoms with E-state index < -0.39 is 13.0 Å². The maximum atomic E-state index is 11.6. The second kappa shape index (κ2) is 4.83. The quantitative estimate of drug-likeness (QED) is 0.691. The molecule has 0 aliphatic rings. The maximum Gasteiger partial charge on any atom is 0.336 e. The van der Waals surface area contributed by atoms with Crippen molar-refractivity contribution in [2.75, 3.05) is 13.8 Å². The Labute approximate surface area is 110 Å². The average Bonchev–Trinajstić information content (AvgIpc) is 2.24. The summed E-state index contributed by atoms with van der Waals surface area (Å²) in [5.74, 6) is 0.578. The molecule has 1 heterocycles. The number of methoxy groups -OCH3 is 1. The number of ether oxygens (including phenoxy) is 1. The molecule has 5 nitrogen and oxygen atoms in total. The number of fused-ring (bicyclic) bond motifs is 1. The summed E-state index contributed by atoms with van der Waals surface area (Å²) in [6, 6.07) is 4.67. The van der Waals surface area contributed by atoms with E-state index in [0.29, 0.717) is 22.3 Å². The zero-order valence-corrected chi connectivity index (χ0v) is 11.9. The smallest absolute Gasteiger partial charge is 0.336 e. The van der Waals surface area contributed by atoms with Gasteiger partial charge in [-0.3, -0.25) is 4.57 Å². The number of hydrogen-bond donors (Lipinski definition) is 1. The highest BCUT2D eigenvalue weighted by Gasteiger charge is 2.17. The molecule has 1 aromatic carbocycles. The zero-order valence-electron chi connectivity index (χ0n) is 11.0. The van der Waals surface area contributed by atoms with Gasteiger partial charge in [-0.05, 0) is 24.1 Å². The van der Waals surface area contributed by atoms with Crippen LogP contribution >= 0.6 is 7.37 Å². The van der Waals surface area contributed by atoms with Crippen molar-refractivity contribution in [2.24, 2.45) is 0 Å². The Bertz CT molecular complexity index is 726. The molecule has 0 aliphatic heterocycles. The zero-order chi connectivity index (χ0) is 14.2. The van der Waals surface area contributed by atoms with Gasteiger partial charge in [-0.25, -0.2) is 4.79 Å². The molecule has 1 unspecified atom stereocenters. The van der Waals surface area contributed by atoms with Crippen LogP contribution in [0.15, 0.2) is 27.4 Å². The van der Waals surface area contributed by atoms with E-state index in [2.05, 4.69) is 0 Å². The molecule has 1 N–H and O–H groups in total. The molecule has 0 spiro atoms. The average molecular weight is 282 g/mol. The van der Waals surface area contributed by atoms with E-state index in [1.54, 1.807) is 12.1 Å². The first-order chi connectivity index (χ1) is 8.80. The summed E-state index contributed by atoms with van der Waals surface area (Å²) in [6.45, 7) is 3.11. The molecule has 1 aromatic heterocycles. The minimum atomic E-state index is -3.26. The van der Waals surface area contributed by atoms with Crippen LogP contribution in [-0.2, 0) is 10.7 Å². The van der Waals surface area contributed by atoms with Gasteiger partial charge in [0.05, 0.1) is 13.3 Å². The van der Waals surface area contributed by atoms with E-state index >= 15 is 0 Å². The molecule has 0 amide bonds. The van der Waals surface area contributed by atoms with Gasteiger partial charge in [0.25, 0.3) is 0 Å². The standard InChI is InChI=1S/C13H15O5P/c1-8-4-10(17-2)6-11-13(8)9(5-12(14)18-11)7-19(3,15)16/h4-6H,7H2,1-3H3,(H,15,16). The summed E-state index contributed by atoms with van der Waals surface area (Å²) in [5.41, 5.74) is 1.19. The maximum absolute atomic E-state index is 11.6. The second-order valence-corrected chi connectivity index (χ2v) is 7.04. The van der Waals surface area contributed by atoms with Crippen molar-refractivity contribution in [1.82, 2.24) is 0 Å².